The maximum absolute atomic E-state index is 15.6. The third-order valence-corrected chi connectivity index (χ3v) is 6.24. The van der Waals surface area contributed by atoms with E-state index in [1.165, 1.54) is 6.20 Å². The van der Waals surface area contributed by atoms with Gasteiger partial charge in [0.15, 0.2) is 5.78 Å². The van der Waals surface area contributed by atoms with E-state index in [9.17, 15) is 9.59 Å². The van der Waals surface area contributed by atoms with Crippen molar-refractivity contribution in [2.45, 2.75) is 71.6 Å². The van der Waals surface area contributed by atoms with E-state index in [0.29, 0.717) is 12.0 Å². The fourth-order valence-electron chi connectivity index (χ4n) is 3.90. The second-order valence-electron chi connectivity index (χ2n) is 9.40. The van der Waals surface area contributed by atoms with Crippen LogP contribution >= 0.6 is 11.6 Å². The fourth-order valence-corrected chi connectivity index (χ4v) is 4.14. The van der Waals surface area contributed by atoms with E-state index < -0.39 is 28.7 Å². The summed E-state index contributed by atoms with van der Waals surface area (Å²) >= 11 is 6.22. The number of esters is 1. The Kier molecular flexibility index (Phi) is 7.06. The lowest BCUT2D eigenvalue weighted by Gasteiger charge is -2.31. The first-order valence-electron chi connectivity index (χ1n) is 10.9. The molecular formula is C25H30ClFN2O3. The van der Waals surface area contributed by atoms with Gasteiger partial charge in [-0.3, -0.25) is 14.6 Å². The van der Waals surface area contributed by atoms with Gasteiger partial charge in [0.05, 0.1) is 16.0 Å². The molecule has 0 bridgehead atoms. The van der Waals surface area contributed by atoms with Gasteiger partial charge in [-0.25, -0.2) is 4.39 Å². The van der Waals surface area contributed by atoms with Crippen LogP contribution in [0.4, 0.5) is 4.39 Å². The molecule has 32 heavy (non-hydrogen) atoms. The SMILES string of the molecule is CC[C@@H](NC(C)C1(C(=O)OC(C)(C)C)CC1)c1ccc(Cl)c(C(=O)c2cccnc2)c1F. The summed E-state index contributed by atoms with van der Waals surface area (Å²) in [4.78, 5) is 29.7. The molecule has 0 spiro atoms. The van der Waals surface area contributed by atoms with Crippen LogP contribution in [-0.4, -0.2) is 28.4 Å². The van der Waals surface area contributed by atoms with Crippen molar-refractivity contribution in [2.24, 2.45) is 5.41 Å². The highest BCUT2D eigenvalue weighted by molar-refractivity contribution is 6.35. The van der Waals surface area contributed by atoms with Gasteiger partial charge in [0.1, 0.15) is 11.4 Å². The van der Waals surface area contributed by atoms with Crippen LogP contribution < -0.4 is 5.32 Å². The summed E-state index contributed by atoms with van der Waals surface area (Å²) in [5.74, 6) is -1.40. The zero-order chi connectivity index (χ0) is 23.7. The zero-order valence-electron chi connectivity index (χ0n) is 19.2. The molecule has 172 valence electrons. The number of benzene rings is 1. The van der Waals surface area contributed by atoms with E-state index in [2.05, 4.69) is 10.3 Å². The normalized spacial score (nSPS) is 16.8. The Morgan fingerprint density at radius 1 is 1.28 bits per heavy atom. The van der Waals surface area contributed by atoms with Gasteiger partial charge in [-0.15, -0.1) is 0 Å². The van der Waals surface area contributed by atoms with Crippen molar-refractivity contribution in [1.29, 1.82) is 0 Å². The topological polar surface area (TPSA) is 68.3 Å². The molecule has 2 atom stereocenters. The van der Waals surface area contributed by atoms with E-state index >= 15 is 4.39 Å². The number of aromatic nitrogens is 1. The summed E-state index contributed by atoms with van der Waals surface area (Å²) in [5, 5.41) is 3.46. The first kappa shape index (κ1) is 24.3. The number of carbonyl (C=O) groups is 2. The number of hydrogen-bond acceptors (Lipinski definition) is 5. The molecule has 0 saturated heterocycles. The summed E-state index contributed by atoms with van der Waals surface area (Å²) in [6, 6.07) is 5.70. The molecule has 7 heteroatoms. The number of carbonyl (C=O) groups excluding carboxylic acids is 2. The number of rotatable bonds is 8. The number of nitrogens with zero attached hydrogens (tertiary/aromatic N) is 1. The van der Waals surface area contributed by atoms with Gasteiger partial charge >= 0.3 is 5.97 Å². The summed E-state index contributed by atoms with van der Waals surface area (Å²) in [7, 11) is 0. The van der Waals surface area contributed by atoms with E-state index in [4.69, 9.17) is 16.3 Å². The molecule has 0 aliphatic heterocycles. The van der Waals surface area contributed by atoms with Crippen molar-refractivity contribution in [1.82, 2.24) is 10.3 Å². The molecule has 0 amide bonds. The predicted octanol–water partition coefficient (Wildman–Crippen LogP) is 5.66. The van der Waals surface area contributed by atoms with Gasteiger partial charge in [-0.2, -0.15) is 0 Å². The quantitative estimate of drug-likeness (QED) is 0.407. The zero-order valence-corrected chi connectivity index (χ0v) is 19.9. The Morgan fingerprint density at radius 2 is 1.97 bits per heavy atom. The summed E-state index contributed by atoms with van der Waals surface area (Å²) in [5.41, 5.74) is -0.741. The standard InChI is InChI=1S/C25H30ClFN2O3/c1-6-19(29-15(2)25(11-12-25)23(31)32-24(3,4)5)17-9-10-18(26)20(21(17)27)22(30)16-8-7-13-28-14-16/h7-10,13-15,19,29H,6,11-12H2,1-5H3/t15?,19-/m1/s1. The minimum Gasteiger partial charge on any atom is -0.459 e. The summed E-state index contributed by atoms with van der Waals surface area (Å²) < 4.78 is 21.2. The number of ether oxygens (including phenoxy) is 1. The summed E-state index contributed by atoms with van der Waals surface area (Å²) in [6.07, 6.45) is 4.94. The highest BCUT2D eigenvalue weighted by atomic mass is 35.5. The van der Waals surface area contributed by atoms with Gasteiger partial charge in [-0.1, -0.05) is 24.6 Å². The maximum atomic E-state index is 15.6. The lowest BCUT2D eigenvalue weighted by Crippen LogP contribution is -2.44. The molecule has 5 nitrogen and oxygen atoms in total. The average Bonchev–Trinajstić information content (AvgIpc) is 3.54. The van der Waals surface area contributed by atoms with Crippen LogP contribution in [0, 0.1) is 11.2 Å². The van der Waals surface area contributed by atoms with Crippen LogP contribution in [0.25, 0.3) is 0 Å². The van der Waals surface area contributed by atoms with Gasteiger partial charge in [0.2, 0.25) is 0 Å². The van der Waals surface area contributed by atoms with Crippen molar-refractivity contribution in [3.8, 4) is 0 Å². The molecule has 1 saturated carbocycles. The molecule has 1 unspecified atom stereocenters. The van der Waals surface area contributed by atoms with E-state index in [0.717, 1.165) is 12.8 Å². The van der Waals surface area contributed by atoms with Gasteiger partial charge in [-0.05, 0) is 65.2 Å². The number of nitrogens with one attached hydrogen (secondary N) is 1. The van der Waals surface area contributed by atoms with Crippen molar-refractivity contribution in [3.05, 3.63) is 64.2 Å². The Hall–Kier alpha value is -2.31. The Morgan fingerprint density at radius 3 is 2.50 bits per heavy atom. The monoisotopic (exact) mass is 460 g/mol. The first-order valence-corrected chi connectivity index (χ1v) is 11.3. The van der Waals surface area contributed by atoms with Gasteiger partial charge in [0.25, 0.3) is 0 Å². The van der Waals surface area contributed by atoms with Crippen LogP contribution in [0.1, 0.15) is 81.4 Å². The van der Waals surface area contributed by atoms with E-state index in [1.54, 1.807) is 30.5 Å². The number of ketones is 1. The van der Waals surface area contributed by atoms with E-state index in [-0.39, 0.29) is 28.2 Å². The molecule has 3 rings (SSSR count). The minimum absolute atomic E-state index is 0.0513. The van der Waals surface area contributed by atoms with Crippen LogP contribution in [0.5, 0.6) is 0 Å². The number of halogens is 2. The van der Waals surface area contributed by atoms with Crippen molar-refractivity contribution < 1.29 is 18.7 Å². The Balaban J connectivity index is 1.87. The Labute approximate surface area is 193 Å². The molecule has 1 N–H and O–H groups in total. The third kappa shape index (κ3) is 5.02. The van der Waals surface area contributed by atoms with Crippen LogP contribution in [-0.2, 0) is 9.53 Å². The molecular weight excluding hydrogens is 431 g/mol. The number of pyridine rings is 1. The van der Waals surface area contributed by atoms with Crippen LogP contribution in [0.15, 0.2) is 36.7 Å². The molecule has 0 radical (unpaired) electrons. The first-order chi connectivity index (χ1) is 15.0. The molecule has 1 aromatic heterocycles. The third-order valence-electron chi connectivity index (χ3n) is 5.93. The molecule has 1 aliphatic carbocycles. The second-order valence-corrected chi connectivity index (χ2v) is 9.81. The Bertz CT molecular complexity index is 1000. The lowest BCUT2D eigenvalue weighted by molar-refractivity contribution is -0.163. The molecule has 1 aromatic carbocycles. The lowest BCUT2D eigenvalue weighted by atomic mass is 9.93. The number of hydrogen-bond donors (Lipinski definition) is 1. The smallest absolute Gasteiger partial charge is 0.314 e. The molecule has 2 aromatic rings. The minimum atomic E-state index is -0.653. The molecule has 1 heterocycles. The van der Waals surface area contributed by atoms with E-state index in [1.807, 2.05) is 34.6 Å². The second kappa shape index (κ2) is 9.28. The largest absolute Gasteiger partial charge is 0.459 e. The molecule has 1 fully saturated rings. The highest BCUT2D eigenvalue weighted by Crippen LogP contribution is 2.51. The van der Waals surface area contributed by atoms with Gasteiger partial charge < -0.3 is 10.1 Å². The van der Waals surface area contributed by atoms with Crippen LogP contribution in [0.2, 0.25) is 5.02 Å². The fraction of sp³-hybridized carbons (Fsp3) is 0.480. The average molecular weight is 461 g/mol. The van der Waals surface area contributed by atoms with Crippen molar-refractivity contribution in [3.63, 3.8) is 0 Å². The summed E-state index contributed by atoms with van der Waals surface area (Å²) in [6.45, 7) is 9.39. The predicted molar refractivity (Wildman–Crippen MR) is 122 cm³/mol. The highest BCUT2D eigenvalue weighted by Gasteiger charge is 2.56. The van der Waals surface area contributed by atoms with Crippen molar-refractivity contribution in [2.75, 3.05) is 0 Å². The van der Waals surface area contributed by atoms with Crippen molar-refractivity contribution >= 4 is 23.4 Å². The maximum Gasteiger partial charge on any atom is 0.314 e. The van der Waals surface area contributed by atoms with Gasteiger partial charge in [0, 0.05) is 35.6 Å². The van der Waals surface area contributed by atoms with Crippen LogP contribution in [0.3, 0.4) is 0 Å². The molecule has 1 aliphatic rings.